The average Bonchev–Trinajstić information content (AvgIpc) is 2.34. The quantitative estimate of drug-likeness (QED) is 0.817. The molecule has 102 valence electrons. The van der Waals surface area contributed by atoms with Crippen molar-refractivity contribution < 1.29 is 4.39 Å². The van der Waals surface area contributed by atoms with Crippen LogP contribution < -0.4 is 5.73 Å². The van der Waals surface area contributed by atoms with E-state index >= 15 is 0 Å². The van der Waals surface area contributed by atoms with E-state index in [-0.39, 0.29) is 24.3 Å². The first-order valence-corrected chi connectivity index (χ1v) is 7.10. The molecule has 1 nitrogen and oxygen atoms in total. The molecule has 0 aliphatic heterocycles. The molecule has 0 amide bonds. The van der Waals surface area contributed by atoms with Crippen molar-refractivity contribution in [2.75, 3.05) is 0 Å². The molecule has 4 heteroatoms. The standard InChI is InChI=1S/C14H19BrFN.ClH/c1-9-7-11(15)8-12(13(9)16)14(17)10-5-3-2-4-6-10;/h7-8,10,14H,2-6,17H2,1H3;1H/t14-;/m0./s1. The van der Waals surface area contributed by atoms with Gasteiger partial charge < -0.3 is 5.73 Å². The topological polar surface area (TPSA) is 26.0 Å². The van der Waals surface area contributed by atoms with Gasteiger partial charge in [0.05, 0.1) is 0 Å². The van der Waals surface area contributed by atoms with Crippen molar-refractivity contribution >= 4 is 28.3 Å². The van der Waals surface area contributed by atoms with Gasteiger partial charge in [-0.2, -0.15) is 0 Å². The van der Waals surface area contributed by atoms with Crippen molar-refractivity contribution in [1.29, 1.82) is 0 Å². The van der Waals surface area contributed by atoms with E-state index in [1.807, 2.05) is 6.07 Å². The Morgan fingerprint density at radius 3 is 2.50 bits per heavy atom. The summed E-state index contributed by atoms with van der Waals surface area (Å²) in [7, 11) is 0. The molecule has 0 spiro atoms. The van der Waals surface area contributed by atoms with Crippen LogP contribution >= 0.6 is 28.3 Å². The molecule has 0 aromatic heterocycles. The Bertz CT molecular complexity index is 405. The van der Waals surface area contributed by atoms with Gasteiger partial charge in [0.25, 0.3) is 0 Å². The predicted octanol–water partition coefficient (Wildman–Crippen LogP) is 4.90. The first-order chi connectivity index (χ1) is 8.09. The fourth-order valence-corrected chi connectivity index (χ4v) is 3.33. The van der Waals surface area contributed by atoms with E-state index in [1.165, 1.54) is 19.3 Å². The van der Waals surface area contributed by atoms with Crippen molar-refractivity contribution in [2.24, 2.45) is 11.7 Å². The van der Waals surface area contributed by atoms with E-state index in [1.54, 1.807) is 13.0 Å². The van der Waals surface area contributed by atoms with Crippen molar-refractivity contribution in [3.05, 3.63) is 33.5 Å². The maximum Gasteiger partial charge on any atom is 0.130 e. The van der Waals surface area contributed by atoms with E-state index in [0.717, 1.165) is 17.3 Å². The van der Waals surface area contributed by atoms with Crippen LogP contribution in [-0.4, -0.2) is 0 Å². The van der Waals surface area contributed by atoms with Crippen LogP contribution in [0.25, 0.3) is 0 Å². The van der Waals surface area contributed by atoms with Crippen molar-refractivity contribution in [3.8, 4) is 0 Å². The van der Waals surface area contributed by atoms with Crippen LogP contribution in [0.1, 0.15) is 49.3 Å². The van der Waals surface area contributed by atoms with Crippen molar-refractivity contribution in [3.63, 3.8) is 0 Å². The SMILES string of the molecule is Cc1cc(Br)cc([C@@H](N)C2CCCCC2)c1F.Cl. The fourth-order valence-electron chi connectivity index (χ4n) is 2.74. The molecule has 0 unspecified atom stereocenters. The van der Waals surface area contributed by atoms with Crippen molar-refractivity contribution in [2.45, 2.75) is 45.1 Å². The van der Waals surface area contributed by atoms with E-state index in [4.69, 9.17) is 5.73 Å². The number of rotatable bonds is 2. The Hall–Kier alpha value is -0.120. The second-order valence-corrected chi connectivity index (χ2v) is 5.97. The van der Waals surface area contributed by atoms with Crippen LogP contribution in [-0.2, 0) is 0 Å². The van der Waals surface area contributed by atoms with Gasteiger partial charge in [-0.25, -0.2) is 4.39 Å². The predicted molar refractivity (Wildman–Crippen MR) is 79.6 cm³/mol. The lowest BCUT2D eigenvalue weighted by atomic mass is 9.81. The molecule has 1 aliphatic carbocycles. The molecule has 0 heterocycles. The van der Waals surface area contributed by atoms with E-state index in [9.17, 15) is 4.39 Å². The van der Waals surface area contributed by atoms with Crippen LogP contribution in [0.4, 0.5) is 4.39 Å². The Balaban J connectivity index is 0.00000162. The average molecular weight is 337 g/mol. The van der Waals surface area contributed by atoms with Gasteiger partial charge in [-0.15, -0.1) is 12.4 Å². The first-order valence-electron chi connectivity index (χ1n) is 6.30. The zero-order chi connectivity index (χ0) is 12.4. The van der Waals surface area contributed by atoms with Crippen molar-refractivity contribution in [1.82, 2.24) is 0 Å². The molecule has 0 saturated heterocycles. The maximum absolute atomic E-state index is 14.1. The van der Waals surface area contributed by atoms with Gasteiger partial charge in [0, 0.05) is 16.1 Å². The summed E-state index contributed by atoms with van der Waals surface area (Å²) in [6.45, 7) is 1.79. The van der Waals surface area contributed by atoms with E-state index < -0.39 is 0 Å². The Morgan fingerprint density at radius 2 is 1.89 bits per heavy atom. The van der Waals surface area contributed by atoms with Gasteiger partial charge >= 0.3 is 0 Å². The minimum absolute atomic E-state index is 0. The molecular weight excluding hydrogens is 317 g/mol. The molecule has 2 rings (SSSR count). The Morgan fingerprint density at radius 1 is 1.28 bits per heavy atom. The molecule has 1 saturated carbocycles. The highest BCUT2D eigenvalue weighted by molar-refractivity contribution is 9.10. The summed E-state index contributed by atoms with van der Waals surface area (Å²) in [4.78, 5) is 0. The number of benzene rings is 1. The lowest BCUT2D eigenvalue weighted by Crippen LogP contribution is -2.24. The monoisotopic (exact) mass is 335 g/mol. The molecule has 18 heavy (non-hydrogen) atoms. The van der Waals surface area contributed by atoms with Crippen LogP contribution in [0, 0.1) is 18.7 Å². The summed E-state index contributed by atoms with van der Waals surface area (Å²) in [5.74, 6) is 0.304. The third kappa shape index (κ3) is 3.46. The summed E-state index contributed by atoms with van der Waals surface area (Å²) >= 11 is 3.42. The van der Waals surface area contributed by atoms with Crippen LogP contribution in [0.5, 0.6) is 0 Å². The molecule has 1 atom stereocenters. The molecular formula is C14H20BrClFN. The number of hydrogen-bond donors (Lipinski definition) is 1. The Labute approximate surface area is 123 Å². The second-order valence-electron chi connectivity index (χ2n) is 5.05. The highest BCUT2D eigenvalue weighted by Gasteiger charge is 2.24. The van der Waals surface area contributed by atoms with Crippen LogP contribution in [0.3, 0.4) is 0 Å². The number of nitrogens with two attached hydrogens (primary N) is 1. The minimum atomic E-state index is -0.161. The molecule has 1 aromatic rings. The number of aryl methyl sites for hydroxylation is 1. The normalized spacial score (nSPS) is 18.2. The zero-order valence-corrected chi connectivity index (χ0v) is 13.0. The molecule has 2 N–H and O–H groups in total. The maximum atomic E-state index is 14.1. The van der Waals surface area contributed by atoms with Gasteiger partial charge in [-0.05, 0) is 43.4 Å². The first kappa shape index (κ1) is 15.9. The molecule has 1 aliphatic rings. The summed E-state index contributed by atoms with van der Waals surface area (Å²) < 4.78 is 15.0. The Kier molecular flexibility index (Phi) is 6.09. The summed E-state index contributed by atoms with van der Waals surface area (Å²) in [5.41, 5.74) is 7.58. The van der Waals surface area contributed by atoms with Gasteiger partial charge in [-0.1, -0.05) is 35.2 Å². The lowest BCUT2D eigenvalue weighted by Gasteiger charge is -2.28. The van der Waals surface area contributed by atoms with Gasteiger partial charge in [-0.3, -0.25) is 0 Å². The minimum Gasteiger partial charge on any atom is -0.324 e. The highest BCUT2D eigenvalue weighted by Crippen LogP contribution is 2.35. The van der Waals surface area contributed by atoms with E-state index in [2.05, 4.69) is 15.9 Å². The number of hydrogen-bond acceptors (Lipinski definition) is 1. The fraction of sp³-hybridized carbons (Fsp3) is 0.571. The summed E-state index contributed by atoms with van der Waals surface area (Å²) in [5, 5.41) is 0. The third-order valence-corrected chi connectivity index (χ3v) is 4.22. The molecule has 0 radical (unpaired) electrons. The van der Waals surface area contributed by atoms with Crippen LogP contribution in [0.15, 0.2) is 16.6 Å². The summed E-state index contributed by atoms with van der Waals surface area (Å²) in [6.07, 6.45) is 6.02. The zero-order valence-electron chi connectivity index (χ0n) is 10.6. The van der Waals surface area contributed by atoms with Gasteiger partial charge in [0.2, 0.25) is 0 Å². The number of halogens is 3. The lowest BCUT2D eigenvalue weighted by molar-refractivity contribution is 0.303. The second kappa shape index (κ2) is 6.88. The van der Waals surface area contributed by atoms with Crippen LogP contribution in [0.2, 0.25) is 0 Å². The third-order valence-electron chi connectivity index (χ3n) is 3.76. The highest BCUT2D eigenvalue weighted by atomic mass is 79.9. The largest absolute Gasteiger partial charge is 0.324 e. The van der Waals surface area contributed by atoms with Gasteiger partial charge in [0.15, 0.2) is 0 Å². The molecule has 1 aromatic carbocycles. The van der Waals surface area contributed by atoms with Gasteiger partial charge in [0.1, 0.15) is 5.82 Å². The summed E-state index contributed by atoms with van der Waals surface area (Å²) in [6, 6.07) is 3.47. The smallest absolute Gasteiger partial charge is 0.130 e. The molecule has 1 fully saturated rings. The molecule has 0 bridgehead atoms. The van der Waals surface area contributed by atoms with E-state index in [0.29, 0.717) is 17.0 Å².